The molecule has 1 aliphatic rings. The number of hydrogen-bond donors (Lipinski definition) is 1. The largest absolute Gasteiger partial charge is 0.484 e. The Morgan fingerprint density at radius 2 is 1.73 bits per heavy atom. The molecule has 0 aromatic heterocycles. The molecular weight excluding hydrogens is 438 g/mol. The topological polar surface area (TPSA) is 78.9 Å². The zero-order chi connectivity index (χ0) is 23.7. The first kappa shape index (κ1) is 25.0. The maximum atomic E-state index is 12.5. The van der Waals surface area contributed by atoms with Gasteiger partial charge in [-0.05, 0) is 43.2 Å². The molecule has 0 spiro atoms. The van der Waals surface area contributed by atoms with Gasteiger partial charge in [0.15, 0.2) is 6.61 Å². The molecule has 1 heterocycles. The van der Waals surface area contributed by atoms with Crippen LogP contribution in [0.3, 0.4) is 0 Å². The molecule has 0 aliphatic carbocycles. The maximum absolute atomic E-state index is 12.5. The van der Waals surface area contributed by atoms with E-state index in [9.17, 15) is 13.2 Å². The molecule has 1 N–H and O–H groups in total. The predicted octanol–water partition coefficient (Wildman–Crippen LogP) is 3.00. The Labute approximate surface area is 197 Å². The van der Waals surface area contributed by atoms with E-state index in [1.807, 2.05) is 36.9 Å². The average molecular weight is 472 g/mol. The summed E-state index contributed by atoms with van der Waals surface area (Å²) >= 11 is 0. The molecule has 3 rings (SSSR count). The molecular formula is C25H33N3O4S. The lowest BCUT2D eigenvalue weighted by atomic mass is 10.2. The molecule has 1 aliphatic heterocycles. The molecule has 1 amide bonds. The second-order valence-corrected chi connectivity index (χ2v) is 9.90. The first-order chi connectivity index (χ1) is 15.9. The first-order valence-corrected chi connectivity index (χ1v) is 12.8. The van der Waals surface area contributed by atoms with Crippen LogP contribution >= 0.6 is 0 Å². The van der Waals surface area contributed by atoms with Gasteiger partial charge in [0.05, 0.1) is 4.90 Å². The van der Waals surface area contributed by atoms with Crippen molar-refractivity contribution in [3.63, 3.8) is 0 Å². The number of carbonyl (C=O) groups is 1. The van der Waals surface area contributed by atoms with Gasteiger partial charge in [0.2, 0.25) is 10.0 Å². The number of rotatable bonds is 10. The lowest BCUT2D eigenvalue weighted by Gasteiger charge is -2.34. The minimum Gasteiger partial charge on any atom is -0.484 e. The maximum Gasteiger partial charge on any atom is 0.260 e. The highest BCUT2D eigenvalue weighted by molar-refractivity contribution is 7.89. The van der Waals surface area contributed by atoms with Crippen molar-refractivity contribution in [3.05, 3.63) is 66.2 Å². The first-order valence-electron chi connectivity index (χ1n) is 11.3. The Bertz CT molecular complexity index is 1020. The molecule has 1 atom stereocenters. The number of piperazine rings is 1. The molecule has 0 bridgehead atoms. The van der Waals surface area contributed by atoms with E-state index in [-0.39, 0.29) is 23.5 Å². The summed E-state index contributed by atoms with van der Waals surface area (Å²) in [6, 6.07) is 16.2. The molecule has 7 nitrogen and oxygen atoms in total. The third kappa shape index (κ3) is 7.70. The smallest absolute Gasteiger partial charge is 0.260 e. The Morgan fingerprint density at radius 3 is 2.36 bits per heavy atom. The van der Waals surface area contributed by atoms with E-state index in [0.29, 0.717) is 25.3 Å². The Morgan fingerprint density at radius 1 is 1.06 bits per heavy atom. The zero-order valence-corrected chi connectivity index (χ0v) is 20.1. The number of hydrogen-bond acceptors (Lipinski definition) is 5. The predicted molar refractivity (Wildman–Crippen MR) is 131 cm³/mol. The number of amides is 1. The minimum absolute atomic E-state index is 0.0644. The second-order valence-electron chi connectivity index (χ2n) is 8.19. The standard InChI is InChI=1S/C25H33N3O4S/c1-3-21(2)26-33(30,31)24-13-11-23(12-14-24)32-20-25(29)28-18-16-27(17-19-28)15-7-10-22-8-5-4-6-9-22/h4-14,21,26H,3,15-20H2,1-2H3/b10-7+/t21-/m1/s1. The lowest BCUT2D eigenvalue weighted by Crippen LogP contribution is -2.49. The van der Waals surface area contributed by atoms with Gasteiger partial charge < -0.3 is 9.64 Å². The summed E-state index contributed by atoms with van der Waals surface area (Å²) in [6.45, 7) is 7.51. The minimum atomic E-state index is -3.55. The van der Waals surface area contributed by atoms with E-state index in [4.69, 9.17) is 4.74 Å². The molecule has 1 fully saturated rings. The summed E-state index contributed by atoms with van der Waals surface area (Å²) in [7, 11) is -3.55. The highest BCUT2D eigenvalue weighted by atomic mass is 32.2. The summed E-state index contributed by atoms with van der Waals surface area (Å²) < 4.78 is 32.9. The number of nitrogens with zero attached hydrogens (tertiary/aromatic N) is 2. The van der Waals surface area contributed by atoms with Gasteiger partial charge in [-0.25, -0.2) is 13.1 Å². The number of nitrogens with one attached hydrogen (secondary N) is 1. The number of benzene rings is 2. The molecule has 0 saturated carbocycles. The van der Waals surface area contributed by atoms with Crippen LogP contribution in [0.4, 0.5) is 0 Å². The molecule has 0 unspecified atom stereocenters. The normalized spacial score (nSPS) is 16.1. The van der Waals surface area contributed by atoms with Gasteiger partial charge in [0, 0.05) is 38.8 Å². The van der Waals surface area contributed by atoms with Crippen molar-refractivity contribution in [1.29, 1.82) is 0 Å². The van der Waals surface area contributed by atoms with Crippen LogP contribution in [0, 0.1) is 0 Å². The van der Waals surface area contributed by atoms with E-state index < -0.39 is 10.0 Å². The molecule has 2 aromatic rings. The summed E-state index contributed by atoms with van der Waals surface area (Å²) in [5.74, 6) is 0.403. The average Bonchev–Trinajstić information content (AvgIpc) is 2.83. The Balaban J connectivity index is 1.41. The molecule has 8 heteroatoms. The monoisotopic (exact) mass is 471 g/mol. The van der Waals surface area contributed by atoms with Gasteiger partial charge >= 0.3 is 0 Å². The highest BCUT2D eigenvalue weighted by Gasteiger charge is 2.21. The van der Waals surface area contributed by atoms with Crippen molar-refractivity contribution in [1.82, 2.24) is 14.5 Å². The Hall–Kier alpha value is -2.68. The van der Waals surface area contributed by atoms with Gasteiger partial charge in [-0.3, -0.25) is 9.69 Å². The van der Waals surface area contributed by atoms with E-state index in [0.717, 1.165) is 19.6 Å². The third-order valence-electron chi connectivity index (χ3n) is 5.66. The SMILES string of the molecule is CC[C@@H](C)NS(=O)(=O)c1ccc(OCC(=O)N2CCN(C/C=C/c3ccccc3)CC2)cc1. The summed E-state index contributed by atoms with van der Waals surface area (Å²) in [5, 5.41) is 0. The van der Waals surface area contributed by atoms with Crippen LogP contribution in [0.5, 0.6) is 5.75 Å². The van der Waals surface area contributed by atoms with E-state index in [1.54, 1.807) is 12.1 Å². The van der Waals surface area contributed by atoms with Gasteiger partial charge in [0.25, 0.3) is 5.91 Å². The third-order valence-corrected chi connectivity index (χ3v) is 7.27. The molecule has 33 heavy (non-hydrogen) atoms. The zero-order valence-electron chi connectivity index (χ0n) is 19.3. The fraction of sp³-hybridized carbons (Fsp3) is 0.400. The highest BCUT2D eigenvalue weighted by Crippen LogP contribution is 2.17. The second kappa shape index (κ2) is 12.0. The van der Waals surface area contributed by atoms with Crippen LogP contribution in [-0.2, 0) is 14.8 Å². The van der Waals surface area contributed by atoms with Crippen LogP contribution in [0.2, 0.25) is 0 Å². The quantitative estimate of drug-likeness (QED) is 0.576. The van der Waals surface area contributed by atoms with E-state index in [1.165, 1.54) is 17.7 Å². The summed E-state index contributed by atoms with van der Waals surface area (Å²) in [5.41, 5.74) is 1.18. The van der Waals surface area contributed by atoms with E-state index in [2.05, 4.69) is 33.9 Å². The fourth-order valence-corrected chi connectivity index (χ4v) is 4.78. The van der Waals surface area contributed by atoms with E-state index >= 15 is 0 Å². The van der Waals surface area contributed by atoms with Gasteiger partial charge in [-0.15, -0.1) is 0 Å². The molecule has 178 valence electrons. The van der Waals surface area contributed by atoms with Crippen molar-refractivity contribution in [3.8, 4) is 5.75 Å². The van der Waals surface area contributed by atoms with Gasteiger partial charge in [-0.2, -0.15) is 0 Å². The number of ether oxygens (including phenoxy) is 1. The lowest BCUT2D eigenvalue weighted by molar-refractivity contribution is -0.135. The van der Waals surface area contributed by atoms with Gasteiger partial charge in [0.1, 0.15) is 5.75 Å². The number of carbonyl (C=O) groups excluding carboxylic acids is 1. The van der Waals surface area contributed by atoms with Crippen molar-refractivity contribution >= 4 is 22.0 Å². The Kier molecular flexibility index (Phi) is 9.05. The van der Waals surface area contributed by atoms with Crippen LogP contribution in [0.15, 0.2) is 65.6 Å². The molecule has 1 saturated heterocycles. The summed E-state index contributed by atoms with van der Waals surface area (Å²) in [6.07, 6.45) is 4.97. The van der Waals surface area contributed by atoms with Crippen LogP contribution in [-0.4, -0.2) is 69.5 Å². The van der Waals surface area contributed by atoms with Crippen LogP contribution in [0.25, 0.3) is 6.08 Å². The molecule has 2 aromatic carbocycles. The van der Waals surface area contributed by atoms with Crippen LogP contribution in [0.1, 0.15) is 25.8 Å². The van der Waals surface area contributed by atoms with Crippen LogP contribution < -0.4 is 9.46 Å². The van der Waals surface area contributed by atoms with Crippen molar-refractivity contribution in [2.45, 2.75) is 31.2 Å². The van der Waals surface area contributed by atoms with Gasteiger partial charge in [-0.1, -0.05) is 49.4 Å². The van der Waals surface area contributed by atoms with Crippen molar-refractivity contribution < 1.29 is 17.9 Å². The molecule has 0 radical (unpaired) electrons. The number of sulfonamides is 1. The van der Waals surface area contributed by atoms with Crippen molar-refractivity contribution in [2.75, 3.05) is 39.3 Å². The summed E-state index contributed by atoms with van der Waals surface area (Å²) in [4.78, 5) is 16.8. The van der Waals surface area contributed by atoms with Crippen molar-refractivity contribution in [2.24, 2.45) is 0 Å². The fourth-order valence-electron chi connectivity index (χ4n) is 3.45.